The zero-order valence-corrected chi connectivity index (χ0v) is 16.0. The second-order valence-electron chi connectivity index (χ2n) is 6.57. The van der Waals surface area contributed by atoms with Gasteiger partial charge in [0.1, 0.15) is 0 Å². The van der Waals surface area contributed by atoms with Gasteiger partial charge in [-0.15, -0.1) is 12.4 Å². The summed E-state index contributed by atoms with van der Waals surface area (Å²) in [5, 5.41) is 3.29. The smallest absolute Gasteiger partial charge is 0.254 e. The number of halogens is 1. The third-order valence-electron chi connectivity index (χ3n) is 4.51. The van der Waals surface area contributed by atoms with Crippen LogP contribution in [0.5, 0.6) is 0 Å². The van der Waals surface area contributed by atoms with Crippen LogP contribution in [0.3, 0.4) is 0 Å². The van der Waals surface area contributed by atoms with Gasteiger partial charge in [-0.25, -0.2) is 13.1 Å². The Hall–Kier alpha value is -1.15. The van der Waals surface area contributed by atoms with Crippen LogP contribution < -0.4 is 10.0 Å². The van der Waals surface area contributed by atoms with Gasteiger partial charge in [-0.2, -0.15) is 0 Å². The zero-order chi connectivity index (χ0) is 17.2. The molecule has 25 heavy (non-hydrogen) atoms. The van der Waals surface area contributed by atoms with E-state index < -0.39 is 10.0 Å². The SMILES string of the molecule is CCCN(C(=O)c1ccc(S(=O)(=O)NC2CC2)cc1)C1CCNC1.Cl. The molecule has 2 fully saturated rings. The van der Waals surface area contributed by atoms with Gasteiger partial charge in [-0.05, 0) is 56.5 Å². The average Bonchev–Trinajstić information content (AvgIpc) is 3.21. The Balaban J connectivity index is 0.00000225. The Bertz CT molecular complexity index is 684. The molecule has 0 radical (unpaired) electrons. The fraction of sp³-hybridized carbons (Fsp3) is 0.588. The fourth-order valence-corrected chi connectivity index (χ4v) is 4.33. The molecule has 2 aliphatic rings. The first-order valence-electron chi connectivity index (χ1n) is 8.65. The Morgan fingerprint density at radius 1 is 1.24 bits per heavy atom. The Morgan fingerprint density at radius 2 is 1.92 bits per heavy atom. The molecule has 1 saturated carbocycles. The molecule has 1 aliphatic carbocycles. The van der Waals surface area contributed by atoms with E-state index in [1.165, 1.54) is 12.1 Å². The molecule has 6 nitrogen and oxygen atoms in total. The molecule has 1 atom stereocenters. The number of benzene rings is 1. The van der Waals surface area contributed by atoms with Gasteiger partial charge in [0.15, 0.2) is 0 Å². The number of hydrogen-bond donors (Lipinski definition) is 2. The number of amides is 1. The molecule has 1 aliphatic heterocycles. The van der Waals surface area contributed by atoms with Gasteiger partial charge in [0.2, 0.25) is 10.0 Å². The zero-order valence-electron chi connectivity index (χ0n) is 14.4. The van der Waals surface area contributed by atoms with Crippen LogP contribution in [0.4, 0.5) is 0 Å². The quantitative estimate of drug-likeness (QED) is 0.747. The molecule has 0 bridgehead atoms. The molecule has 1 aromatic carbocycles. The van der Waals surface area contributed by atoms with Crippen molar-refractivity contribution in [3.63, 3.8) is 0 Å². The molecule has 3 rings (SSSR count). The van der Waals surface area contributed by atoms with E-state index in [2.05, 4.69) is 17.0 Å². The first kappa shape index (κ1) is 20.2. The van der Waals surface area contributed by atoms with Crippen molar-refractivity contribution in [3.8, 4) is 0 Å². The molecular formula is C17H26ClN3O3S. The first-order valence-corrected chi connectivity index (χ1v) is 10.1. The van der Waals surface area contributed by atoms with Gasteiger partial charge in [-0.1, -0.05) is 6.92 Å². The number of rotatable bonds is 7. The van der Waals surface area contributed by atoms with E-state index in [-0.39, 0.29) is 35.3 Å². The van der Waals surface area contributed by atoms with Crippen LogP contribution >= 0.6 is 12.4 Å². The summed E-state index contributed by atoms with van der Waals surface area (Å²) in [5.74, 6) is -0.0235. The Morgan fingerprint density at radius 3 is 2.44 bits per heavy atom. The van der Waals surface area contributed by atoms with Crippen LogP contribution in [0.2, 0.25) is 0 Å². The lowest BCUT2D eigenvalue weighted by atomic mass is 10.1. The summed E-state index contributed by atoms with van der Waals surface area (Å²) in [7, 11) is -3.47. The van der Waals surface area contributed by atoms with Crippen molar-refractivity contribution in [2.75, 3.05) is 19.6 Å². The molecule has 140 valence electrons. The van der Waals surface area contributed by atoms with Gasteiger partial charge in [0, 0.05) is 30.7 Å². The first-order chi connectivity index (χ1) is 11.5. The summed E-state index contributed by atoms with van der Waals surface area (Å²) >= 11 is 0. The van der Waals surface area contributed by atoms with E-state index in [0.717, 1.165) is 38.8 Å². The van der Waals surface area contributed by atoms with Gasteiger partial charge in [0.05, 0.1) is 4.90 Å². The number of hydrogen-bond acceptors (Lipinski definition) is 4. The predicted molar refractivity (Wildman–Crippen MR) is 99.6 cm³/mol. The minimum atomic E-state index is -3.47. The molecular weight excluding hydrogens is 362 g/mol. The number of nitrogens with zero attached hydrogens (tertiary/aromatic N) is 1. The summed E-state index contributed by atoms with van der Waals surface area (Å²) in [6, 6.07) is 6.58. The van der Waals surface area contributed by atoms with Gasteiger partial charge < -0.3 is 10.2 Å². The molecule has 0 aromatic heterocycles. The highest BCUT2D eigenvalue weighted by molar-refractivity contribution is 7.89. The highest BCUT2D eigenvalue weighted by Crippen LogP contribution is 2.22. The number of carbonyl (C=O) groups excluding carboxylic acids is 1. The lowest BCUT2D eigenvalue weighted by molar-refractivity contribution is 0.0692. The highest BCUT2D eigenvalue weighted by Gasteiger charge is 2.29. The monoisotopic (exact) mass is 387 g/mol. The van der Waals surface area contributed by atoms with Crippen LogP contribution in [0.25, 0.3) is 0 Å². The van der Waals surface area contributed by atoms with Crippen LogP contribution in [0.15, 0.2) is 29.2 Å². The van der Waals surface area contributed by atoms with E-state index in [9.17, 15) is 13.2 Å². The molecule has 0 spiro atoms. The van der Waals surface area contributed by atoms with Crippen molar-refractivity contribution in [3.05, 3.63) is 29.8 Å². The molecule has 2 N–H and O–H groups in total. The van der Waals surface area contributed by atoms with Crippen molar-refractivity contribution >= 4 is 28.3 Å². The second kappa shape index (κ2) is 8.49. The van der Waals surface area contributed by atoms with E-state index in [1.54, 1.807) is 12.1 Å². The molecule has 1 aromatic rings. The molecule has 1 saturated heterocycles. The van der Waals surface area contributed by atoms with E-state index >= 15 is 0 Å². The van der Waals surface area contributed by atoms with Gasteiger partial charge >= 0.3 is 0 Å². The van der Waals surface area contributed by atoms with Crippen molar-refractivity contribution in [2.24, 2.45) is 0 Å². The lowest BCUT2D eigenvalue weighted by Gasteiger charge is -2.28. The lowest BCUT2D eigenvalue weighted by Crippen LogP contribution is -2.42. The van der Waals surface area contributed by atoms with Gasteiger partial charge in [-0.3, -0.25) is 4.79 Å². The molecule has 1 heterocycles. The third kappa shape index (κ3) is 4.94. The summed E-state index contributed by atoms with van der Waals surface area (Å²) in [4.78, 5) is 14.9. The number of sulfonamides is 1. The summed E-state index contributed by atoms with van der Waals surface area (Å²) in [6.45, 7) is 4.53. The van der Waals surface area contributed by atoms with Crippen LogP contribution in [-0.2, 0) is 10.0 Å². The Labute approximate surface area is 155 Å². The van der Waals surface area contributed by atoms with E-state index in [0.29, 0.717) is 12.1 Å². The molecule has 1 unspecified atom stereocenters. The minimum Gasteiger partial charge on any atom is -0.334 e. The fourth-order valence-electron chi connectivity index (χ4n) is 3.03. The minimum absolute atomic E-state index is 0. The normalized spacial score (nSPS) is 20.1. The van der Waals surface area contributed by atoms with E-state index in [4.69, 9.17) is 0 Å². The maximum Gasteiger partial charge on any atom is 0.254 e. The number of carbonyl (C=O) groups is 1. The third-order valence-corrected chi connectivity index (χ3v) is 6.05. The van der Waals surface area contributed by atoms with Crippen molar-refractivity contribution in [1.29, 1.82) is 0 Å². The summed E-state index contributed by atoms with van der Waals surface area (Å²) in [6.07, 6.45) is 3.66. The largest absolute Gasteiger partial charge is 0.334 e. The van der Waals surface area contributed by atoms with Crippen LogP contribution in [0.1, 0.15) is 43.0 Å². The maximum absolute atomic E-state index is 12.8. The second-order valence-corrected chi connectivity index (χ2v) is 8.28. The van der Waals surface area contributed by atoms with E-state index in [1.807, 2.05) is 4.90 Å². The van der Waals surface area contributed by atoms with Crippen molar-refractivity contribution in [2.45, 2.75) is 49.6 Å². The average molecular weight is 388 g/mol. The highest BCUT2D eigenvalue weighted by atomic mass is 35.5. The van der Waals surface area contributed by atoms with Crippen molar-refractivity contribution < 1.29 is 13.2 Å². The Kier molecular flexibility index (Phi) is 6.85. The standard InChI is InChI=1S/C17H25N3O3S.ClH/c1-2-11-20(15-9-10-18-12-15)17(21)13-3-7-16(8-4-13)24(22,23)19-14-5-6-14;/h3-4,7-8,14-15,18-19H,2,5-6,9-12H2,1H3;1H. The molecule has 1 amide bonds. The predicted octanol–water partition coefficient (Wildman–Crippen LogP) is 1.76. The summed E-state index contributed by atoms with van der Waals surface area (Å²) in [5.41, 5.74) is 0.542. The van der Waals surface area contributed by atoms with Crippen LogP contribution in [0, 0.1) is 0 Å². The molecule has 8 heteroatoms. The maximum atomic E-state index is 12.8. The number of nitrogens with one attached hydrogen (secondary N) is 2. The topological polar surface area (TPSA) is 78.5 Å². The van der Waals surface area contributed by atoms with Gasteiger partial charge in [0.25, 0.3) is 5.91 Å². The summed E-state index contributed by atoms with van der Waals surface area (Å²) < 4.78 is 27.0. The van der Waals surface area contributed by atoms with Crippen molar-refractivity contribution in [1.82, 2.24) is 14.9 Å². The van der Waals surface area contributed by atoms with Crippen LogP contribution in [-0.4, -0.2) is 50.9 Å².